The van der Waals surface area contributed by atoms with Crippen LogP contribution in [0, 0.1) is 11.6 Å². The van der Waals surface area contributed by atoms with Crippen LogP contribution in [-0.4, -0.2) is 15.9 Å². The van der Waals surface area contributed by atoms with Crippen molar-refractivity contribution in [2.75, 3.05) is 10.6 Å². The lowest BCUT2D eigenvalue weighted by molar-refractivity contribution is 0.102. The monoisotopic (exact) mass is 394 g/mol. The first kappa shape index (κ1) is 18.0. The van der Waals surface area contributed by atoms with E-state index in [1.165, 1.54) is 18.3 Å². The van der Waals surface area contributed by atoms with Crippen LogP contribution >= 0.6 is 23.2 Å². The molecule has 9 heteroatoms. The molecule has 0 saturated heterocycles. The van der Waals surface area contributed by atoms with E-state index in [0.717, 1.165) is 12.1 Å². The second-order valence-electron chi connectivity index (χ2n) is 5.10. The van der Waals surface area contributed by atoms with Crippen LogP contribution in [-0.2, 0) is 0 Å². The highest BCUT2D eigenvalue weighted by molar-refractivity contribution is 6.35. The molecular formula is C17H10Cl2F2N4O. The zero-order valence-electron chi connectivity index (χ0n) is 12.9. The molecule has 0 aliphatic rings. The maximum absolute atomic E-state index is 13.6. The fourth-order valence-electron chi connectivity index (χ4n) is 2.10. The van der Waals surface area contributed by atoms with E-state index in [1.54, 1.807) is 18.2 Å². The molecule has 2 N–H and O–H groups in total. The first-order chi connectivity index (χ1) is 12.4. The number of nitrogens with zero attached hydrogens (tertiary/aromatic N) is 2. The van der Waals surface area contributed by atoms with Crippen molar-refractivity contribution in [1.29, 1.82) is 0 Å². The Morgan fingerprint density at radius 1 is 1.00 bits per heavy atom. The zero-order chi connectivity index (χ0) is 18.7. The second-order valence-corrected chi connectivity index (χ2v) is 5.97. The van der Waals surface area contributed by atoms with Crippen LogP contribution in [0.15, 0.2) is 48.7 Å². The maximum atomic E-state index is 13.6. The molecule has 0 unspecified atom stereocenters. The van der Waals surface area contributed by atoms with Gasteiger partial charge in [-0.2, -0.15) is 0 Å². The molecule has 0 saturated carbocycles. The summed E-state index contributed by atoms with van der Waals surface area (Å²) in [5.74, 6) is -2.48. The van der Waals surface area contributed by atoms with Gasteiger partial charge in [-0.25, -0.2) is 18.7 Å². The van der Waals surface area contributed by atoms with E-state index < -0.39 is 23.2 Å². The Bertz CT molecular complexity index is 944. The zero-order valence-corrected chi connectivity index (χ0v) is 14.4. The van der Waals surface area contributed by atoms with Crippen molar-refractivity contribution in [3.8, 4) is 0 Å². The molecule has 0 radical (unpaired) electrons. The summed E-state index contributed by atoms with van der Waals surface area (Å²) in [6.45, 7) is 0. The fourth-order valence-corrected chi connectivity index (χ4v) is 2.62. The highest BCUT2D eigenvalue weighted by atomic mass is 35.5. The van der Waals surface area contributed by atoms with Crippen LogP contribution in [0.1, 0.15) is 10.5 Å². The molecule has 5 nitrogen and oxygen atoms in total. The Morgan fingerprint density at radius 3 is 2.31 bits per heavy atom. The summed E-state index contributed by atoms with van der Waals surface area (Å²) in [4.78, 5) is 20.2. The van der Waals surface area contributed by atoms with Crippen LogP contribution in [0.4, 0.5) is 26.1 Å². The number of halogens is 4. The molecule has 0 spiro atoms. The summed E-state index contributed by atoms with van der Waals surface area (Å²) in [6.07, 6.45) is 1.33. The highest BCUT2D eigenvalue weighted by Crippen LogP contribution is 2.24. The normalized spacial score (nSPS) is 10.5. The molecule has 132 valence electrons. The van der Waals surface area contributed by atoms with E-state index >= 15 is 0 Å². The van der Waals surface area contributed by atoms with Gasteiger partial charge < -0.3 is 10.6 Å². The number of benzene rings is 2. The van der Waals surface area contributed by atoms with Gasteiger partial charge in [-0.05, 0) is 36.4 Å². The minimum Gasteiger partial charge on any atom is -0.324 e. The molecule has 1 amide bonds. The van der Waals surface area contributed by atoms with Crippen molar-refractivity contribution < 1.29 is 13.6 Å². The van der Waals surface area contributed by atoms with E-state index in [9.17, 15) is 13.6 Å². The molecule has 0 bridgehead atoms. The number of rotatable bonds is 4. The minimum absolute atomic E-state index is 0.0849. The van der Waals surface area contributed by atoms with E-state index in [4.69, 9.17) is 23.2 Å². The van der Waals surface area contributed by atoms with Crippen LogP contribution in [0.2, 0.25) is 10.0 Å². The lowest BCUT2D eigenvalue weighted by atomic mass is 10.2. The van der Waals surface area contributed by atoms with Crippen LogP contribution in [0.5, 0.6) is 0 Å². The Labute approximate surface area is 157 Å². The third kappa shape index (κ3) is 4.25. The molecule has 3 rings (SSSR count). The number of hydrogen-bond donors (Lipinski definition) is 2. The average molecular weight is 395 g/mol. The molecule has 2 aromatic carbocycles. The van der Waals surface area contributed by atoms with Gasteiger partial charge in [0.25, 0.3) is 5.91 Å². The molecule has 0 fully saturated rings. The summed E-state index contributed by atoms with van der Waals surface area (Å²) in [6, 6.07) is 9.33. The predicted molar refractivity (Wildman–Crippen MR) is 96.1 cm³/mol. The Hall–Kier alpha value is -2.77. The van der Waals surface area contributed by atoms with Gasteiger partial charge in [-0.1, -0.05) is 29.3 Å². The second kappa shape index (κ2) is 7.63. The largest absolute Gasteiger partial charge is 0.324 e. The molecule has 0 aliphatic carbocycles. The van der Waals surface area contributed by atoms with E-state index in [2.05, 4.69) is 20.6 Å². The lowest BCUT2D eigenvalue weighted by Crippen LogP contribution is -2.16. The number of anilines is 3. The molecule has 0 atom stereocenters. The third-order valence-electron chi connectivity index (χ3n) is 3.21. The SMILES string of the molecule is O=C(Nc1c(F)cccc1F)c1ccnc(Nc2cc(Cl)cc(Cl)c2)n1. The molecule has 1 heterocycles. The first-order valence-corrected chi connectivity index (χ1v) is 7.99. The number of para-hydroxylation sites is 1. The number of nitrogens with one attached hydrogen (secondary N) is 2. The Kier molecular flexibility index (Phi) is 5.29. The van der Waals surface area contributed by atoms with Gasteiger partial charge in [-0.3, -0.25) is 4.79 Å². The smallest absolute Gasteiger partial charge is 0.274 e. The van der Waals surface area contributed by atoms with Gasteiger partial charge in [0, 0.05) is 21.9 Å². The first-order valence-electron chi connectivity index (χ1n) is 7.24. The molecule has 3 aromatic rings. The van der Waals surface area contributed by atoms with E-state index in [-0.39, 0.29) is 11.6 Å². The van der Waals surface area contributed by atoms with Gasteiger partial charge in [0.15, 0.2) is 0 Å². The number of carbonyl (C=O) groups excluding carboxylic acids is 1. The maximum Gasteiger partial charge on any atom is 0.274 e. The third-order valence-corrected chi connectivity index (χ3v) is 3.64. The molecule has 1 aromatic heterocycles. The Morgan fingerprint density at radius 2 is 1.65 bits per heavy atom. The summed E-state index contributed by atoms with van der Waals surface area (Å²) >= 11 is 11.8. The topological polar surface area (TPSA) is 66.9 Å². The standard InChI is InChI=1S/C17H10Cl2F2N4O/c18-9-6-10(19)8-11(7-9)23-17-22-5-4-14(24-17)16(26)25-15-12(20)2-1-3-13(15)21/h1-8H,(H,25,26)(H,22,23,24). The number of aromatic nitrogens is 2. The van der Waals surface area contributed by atoms with Gasteiger partial charge >= 0.3 is 0 Å². The van der Waals surface area contributed by atoms with Crippen molar-refractivity contribution in [1.82, 2.24) is 9.97 Å². The fraction of sp³-hybridized carbons (Fsp3) is 0. The van der Waals surface area contributed by atoms with Crippen LogP contribution in [0.3, 0.4) is 0 Å². The summed E-state index contributed by atoms with van der Waals surface area (Å²) in [5, 5.41) is 5.82. The highest BCUT2D eigenvalue weighted by Gasteiger charge is 2.15. The van der Waals surface area contributed by atoms with Gasteiger partial charge in [0.05, 0.1) is 0 Å². The van der Waals surface area contributed by atoms with E-state index in [0.29, 0.717) is 15.7 Å². The molecular weight excluding hydrogens is 385 g/mol. The van der Waals surface area contributed by atoms with Crippen molar-refractivity contribution in [3.63, 3.8) is 0 Å². The van der Waals surface area contributed by atoms with Crippen molar-refractivity contribution in [3.05, 3.63) is 76.0 Å². The predicted octanol–water partition coefficient (Wildman–Crippen LogP) is 5.06. The summed E-state index contributed by atoms with van der Waals surface area (Å²) in [7, 11) is 0. The van der Waals surface area contributed by atoms with Gasteiger partial charge in [-0.15, -0.1) is 0 Å². The minimum atomic E-state index is -0.890. The summed E-state index contributed by atoms with van der Waals surface area (Å²) in [5.41, 5.74) is -0.120. The van der Waals surface area contributed by atoms with Crippen molar-refractivity contribution in [2.24, 2.45) is 0 Å². The average Bonchev–Trinajstić information content (AvgIpc) is 2.57. The molecule has 0 aliphatic heterocycles. The van der Waals surface area contributed by atoms with Crippen molar-refractivity contribution in [2.45, 2.75) is 0 Å². The van der Waals surface area contributed by atoms with Crippen LogP contribution < -0.4 is 10.6 Å². The number of carbonyl (C=O) groups is 1. The Balaban J connectivity index is 1.81. The van der Waals surface area contributed by atoms with Gasteiger partial charge in [0.1, 0.15) is 23.0 Å². The lowest BCUT2D eigenvalue weighted by Gasteiger charge is -2.09. The van der Waals surface area contributed by atoms with Gasteiger partial charge in [0.2, 0.25) is 5.95 Å². The van der Waals surface area contributed by atoms with E-state index in [1.807, 2.05) is 0 Å². The summed E-state index contributed by atoms with van der Waals surface area (Å²) < 4.78 is 27.3. The number of hydrogen-bond acceptors (Lipinski definition) is 4. The van der Waals surface area contributed by atoms with Crippen molar-refractivity contribution >= 4 is 46.4 Å². The quantitative estimate of drug-likeness (QED) is 0.648. The number of amides is 1. The molecule has 26 heavy (non-hydrogen) atoms. The van der Waals surface area contributed by atoms with Crippen LogP contribution in [0.25, 0.3) is 0 Å².